The van der Waals surface area contributed by atoms with Gasteiger partial charge in [-0.15, -0.1) is 5.10 Å². The van der Waals surface area contributed by atoms with Crippen LogP contribution in [-0.2, 0) is 4.79 Å². The van der Waals surface area contributed by atoms with Gasteiger partial charge in [0.05, 0.1) is 25.2 Å². The van der Waals surface area contributed by atoms with Gasteiger partial charge in [0.15, 0.2) is 0 Å². The molecule has 0 unspecified atom stereocenters. The molecule has 1 aromatic heterocycles. The number of carbonyl (C=O) groups excluding carboxylic acids is 2. The lowest BCUT2D eigenvalue weighted by Gasteiger charge is -2.16. The van der Waals surface area contributed by atoms with Gasteiger partial charge in [-0.2, -0.15) is 0 Å². The fourth-order valence-corrected chi connectivity index (χ4v) is 3.57. The normalized spacial score (nSPS) is 15.8. The lowest BCUT2D eigenvalue weighted by molar-refractivity contribution is -0.117. The molecule has 0 radical (unpaired) electrons. The average Bonchev–Trinajstić information content (AvgIpc) is 3.40. The first-order chi connectivity index (χ1) is 15.0. The quantitative estimate of drug-likeness (QED) is 0.622. The molecule has 2 heterocycles. The zero-order valence-electron chi connectivity index (χ0n) is 16.8. The smallest absolute Gasteiger partial charge is 0.322 e. The van der Waals surface area contributed by atoms with Gasteiger partial charge in [0.2, 0.25) is 11.8 Å². The molecule has 31 heavy (non-hydrogen) atoms. The van der Waals surface area contributed by atoms with E-state index in [1.54, 1.807) is 36.3 Å². The highest BCUT2D eigenvalue weighted by Gasteiger charge is 2.35. The summed E-state index contributed by atoms with van der Waals surface area (Å²) in [6.45, 7) is 0.398. The van der Waals surface area contributed by atoms with Crippen LogP contribution in [-0.4, -0.2) is 42.8 Å². The number of methoxy groups -OCH3 is 2. The Morgan fingerprint density at radius 3 is 2.61 bits per heavy atom. The number of aromatic nitrogens is 2. The third kappa shape index (κ3) is 4.31. The van der Waals surface area contributed by atoms with Gasteiger partial charge in [-0.25, -0.2) is 0 Å². The number of amides is 2. The molecule has 1 aliphatic rings. The van der Waals surface area contributed by atoms with E-state index in [4.69, 9.17) is 25.5 Å². The third-order valence-electron chi connectivity index (χ3n) is 4.93. The Labute approximate surface area is 182 Å². The number of hydrogen-bond acceptors (Lipinski definition) is 7. The predicted octanol–water partition coefficient (Wildman–Crippen LogP) is 3.51. The summed E-state index contributed by atoms with van der Waals surface area (Å²) < 4.78 is 15.8. The monoisotopic (exact) mass is 442 g/mol. The number of hydrogen-bond donors (Lipinski definition) is 1. The molecule has 1 N–H and O–H groups in total. The van der Waals surface area contributed by atoms with Crippen LogP contribution >= 0.6 is 11.6 Å². The minimum Gasteiger partial charge on any atom is -0.497 e. The highest BCUT2D eigenvalue weighted by Crippen LogP contribution is 2.32. The average molecular weight is 443 g/mol. The minimum absolute atomic E-state index is 0.0492. The highest BCUT2D eigenvalue weighted by atomic mass is 35.5. The van der Waals surface area contributed by atoms with Gasteiger partial charge >= 0.3 is 6.01 Å². The summed E-state index contributed by atoms with van der Waals surface area (Å²) in [6, 6.07) is 11.8. The van der Waals surface area contributed by atoms with Crippen LogP contribution < -0.4 is 19.7 Å². The number of anilines is 2. The fourth-order valence-electron chi connectivity index (χ4n) is 3.31. The van der Waals surface area contributed by atoms with Crippen LogP contribution in [0.5, 0.6) is 11.5 Å². The van der Waals surface area contributed by atoms with E-state index < -0.39 is 5.91 Å². The molecule has 3 aromatic rings. The van der Waals surface area contributed by atoms with Crippen molar-refractivity contribution < 1.29 is 23.5 Å². The predicted molar refractivity (Wildman–Crippen MR) is 113 cm³/mol. The molecule has 2 amide bonds. The molecule has 0 aliphatic carbocycles. The van der Waals surface area contributed by atoms with Crippen molar-refractivity contribution >= 4 is 35.1 Å². The van der Waals surface area contributed by atoms with E-state index in [-0.39, 0.29) is 30.2 Å². The van der Waals surface area contributed by atoms with E-state index in [2.05, 4.69) is 15.5 Å². The molecule has 160 valence electrons. The molecule has 9 nitrogen and oxygen atoms in total. The Kier molecular flexibility index (Phi) is 5.77. The number of halogens is 1. The Balaban J connectivity index is 1.43. The second-order valence-electron chi connectivity index (χ2n) is 6.85. The summed E-state index contributed by atoms with van der Waals surface area (Å²) in [5, 5.41) is 10.7. The molecule has 1 aliphatic heterocycles. The summed E-state index contributed by atoms with van der Waals surface area (Å²) in [5.74, 6) is 0.678. The molecule has 0 spiro atoms. The zero-order chi connectivity index (χ0) is 22.0. The van der Waals surface area contributed by atoms with Gasteiger partial charge in [0.1, 0.15) is 11.5 Å². The Morgan fingerprint density at radius 1 is 1.16 bits per heavy atom. The van der Waals surface area contributed by atoms with E-state index in [1.165, 1.54) is 13.2 Å². The van der Waals surface area contributed by atoms with E-state index in [1.807, 2.05) is 12.1 Å². The first-order valence-corrected chi connectivity index (χ1v) is 9.79. The van der Waals surface area contributed by atoms with Crippen LogP contribution in [0.25, 0.3) is 0 Å². The van der Waals surface area contributed by atoms with E-state index in [0.717, 1.165) is 5.69 Å². The Morgan fingerprint density at radius 2 is 1.94 bits per heavy atom. The van der Waals surface area contributed by atoms with Crippen LogP contribution in [0.2, 0.25) is 5.02 Å². The van der Waals surface area contributed by atoms with Crippen molar-refractivity contribution in [1.82, 2.24) is 10.2 Å². The van der Waals surface area contributed by atoms with Crippen LogP contribution in [0.4, 0.5) is 11.7 Å². The molecule has 1 atom stereocenters. The van der Waals surface area contributed by atoms with E-state index in [0.29, 0.717) is 28.6 Å². The molecule has 2 aromatic carbocycles. The van der Waals surface area contributed by atoms with Crippen LogP contribution in [0.3, 0.4) is 0 Å². The van der Waals surface area contributed by atoms with Gasteiger partial charge in [0, 0.05) is 24.2 Å². The molecule has 1 fully saturated rings. The van der Waals surface area contributed by atoms with Gasteiger partial charge in [-0.1, -0.05) is 16.7 Å². The van der Waals surface area contributed by atoms with Gasteiger partial charge < -0.3 is 18.8 Å². The van der Waals surface area contributed by atoms with E-state index in [9.17, 15) is 9.59 Å². The topological polar surface area (TPSA) is 107 Å². The Bertz CT molecular complexity index is 1120. The summed E-state index contributed by atoms with van der Waals surface area (Å²) in [7, 11) is 3.08. The minimum atomic E-state index is -0.456. The van der Waals surface area contributed by atoms with Crippen molar-refractivity contribution in [3.63, 3.8) is 0 Å². The molecule has 1 saturated heterocycles. The van der Waals surface area contributed by atoms with Crippen LogP contribution in [0.1, 0.15) is 28.6 Å². The second kappa shape index (κ2) is 8.65. The summed E-state index contributed by atoms with van der Waals surface area (Å²) in [4.78, 5) is 26.6. The van der Waals surface area contributed by atoms with Gasteiger partial charge in [0.25, 0.3) is 5.91 Å². The van der Waals surface area contributed by atoms with Crippen molar-refractivity contribution in [2.24, 2.45) is 0 Å². The molecule has 4 rings (SSSR count). The second-order valence-corrected chi connectivity index (χ2v) is 7.26. The number of nitrogens with zero attached hydrogens (tertiary/aromatic N) is 3. The van der Waals surface area contributed by atoms with Crippen molar-refractivity contribution in [2.75, 3.05) is 31.0 Å². The Hall–Kier alpha value is -3.59. The maximum atomic E-state index is 12.5. The number of rotatable bonds is 6. The summed E-state index contributed by atoms with van der Waals surface area (Å²) in [5.41, 5.74) is 1.07. The zero-order valence-corrected chi connectivity index (χ0v) is 17.5. The molecular weight excluding hydrogens is 424 g/mol. The van der Waals surface area contributed by atoms with Crippen molar-refractivity contribution in [2.45, 2.75) is 12.3 Å². The lowest BCUT2D eigenvalue weighted by Crippen LogP contribution is -2.24. The molecule has 10 heteroatoms. The standard InChI is InChI=1S/C21H19ClN4O5/c1-29-15-6-4-14(5-7-15)26-11-13(10-18(26)27)20-24-25-21(31-20)23-19(28)12-3-8-17(30-2)16(22)9-12/h3-9,13H,10-11H2,1-2H3,(H,23,25,28)/t13-/m0/s1. The van der Waals surface area contributed by atoms with Crippen LogP contribution in [0, 0.1) is 0 Å². The van der Waals surface area contributed by atoms with Crippen molar-refractivity contribution in [1.29, 1.82) is 0 Å². The number of ether oxygens (including phenoxy) is 2. The number of carbonyl (C=O) groups is 2. The van der Waals surface area contributed by atoms with Crippen molar-refractivity contribution in [3.8, 4) is 11.5 Å². The summed E-state index contributed by atoms with van der Waals surface area (Å²) >= 11 is 6.06. The highest BCUT2D eigenvalue weighted by molar-refractivity contribution is 6.32. The lowest BCUT2D eigenvalue weighted by atomic mass is 10.1. The van der Waals surface area contributed by atoms with Crippen molar-refractivity contribution in [3.05, 3.63) is 58.9 Å². The molecule has 0 bridgehead atoms. The number of nitrogens with one attached hydrogen (secondary N) is 1. The number of benzene rings is 2. The maximum Gasteiger partial charge on any atom is 0.322 e. The third-order valence-corrected chi connectivity index (χ3v) is 5.23. The SMILES string of the molecule is COc1ccc(N2C[C@@H](c3nnc(NC(=O)c4ccc(OC)c(Cl)c4)o3)CC2=O)cc1. The fraction of sp³-hybridized carbons (Fsp3) is 0.238. The first kappa shape index (κ1) is 20.7. The largest absolute Gasteiger partial charge is 0.497 e. The maximum absolute atomic E-state index is 12.5. The molecular formula is C21H19ClN4O5. The first-order valence-electron chi connectivity index (χ1n) is 9.41. The van der Waals surface area contributed by atoms with E-state index >= 15 is 0 Å². The van der Waals surface area contributed by atoms with Gasteiger partial charge in [-0.05, 0) is 42.5 Å². The summed E-state index contributed by atoms with van der Waals surface area (Å²) in [6.07, 6.45) is 0.232. The van der Waals surface area contributed by atoms with Crippen LogP contribution in [0.15, 0.2) is 46.9 Å². The molecule has 0 saturated carbocycles. The van der Waals surface area contributed by atoms with Gasteiger partial charge in [-0.3, -0.25) is 14.9 Å².